The van der Waals surface area contributed by atoms with Crippen LogP contribution in [0.25, 0.3) is 16.5 Å². The summed E-state index contributed by atoms with van der Waals surface area (Å²) in [7, 11) is 0. The van der Waals surface area contributed by atoms with E-state index < -0.39 is 0 Å². The molecule has 0 aliphatic rings. The van der Waals surface area contributed by atoms with Crippen LogP contribution in [-0.2, 0) is 0 Å². The van der Waals surface area contributed by atoms with E-state index in [2.05, 4.69) is 16.2 Å². The average molecular weight is 245 g/mol. The van der Waals surface area contributed by atoms with Crippen LogP contribution in [0.15, 0.2) is 42.7 Å². The SMILES string of the molecule is N#Cc1ncn(-c2ccc(C#N)c3ccccc23)n1. The van der Waals surface area contributed by atoms with Gasteiger partial charge in [-0.1, -0.05) is 24.3 Å². The van der Waals surface area contributed by atoms with Gasteiger partial charge < -0.3 is 0 Å². The van der Waals surface area contributed by atoms with Gasteiger partial charge in [-0.25, -0.2) is 9.67 Å². The molecular weight excluding hydrogens is 238 g/mol. The van der Waals surface area contributed by atoms with Gasteiger partial charge in [-0.15, -0.1) is 5.10 Å². The first-order valence-corrected chi connectivity index (χ1v) is 5.57. The third-order valence-corrected chi connectivity index (χ3v) is 2.86. The van der Waals surface area contributed by atoms with Crippen LogP contribution in [-0.4, -0.2) is 14.8 Å². The number of hydrogen-bond acceptors (Lipinski definition) is 4. The van der Waals surface area contributed by atoms with Crippen molar-refractivity contribution in [1.82, 2.24) is 14.8 Å². The van der Waals surface area contributed by atoms with Crippen molar-refractivity contribution >= 4 is 10.8 Å². The summed E-state index contributed by atoms with van der Waals surface area (Å²) in [5.41, 5.74) is 1.41. The van der Waals surface area contributed by atoms with E-state index in [0.29, 0.717) is 5.56 Å². The second-order valence-corrected chi connectivity index (χ2v) is 3.91. The van der Waals surface area contributed by atoms with Gasteiger partial charge >= 0.3 is 0 Å². The predicted molar refractivity (Wildman–Crippen MR) is 68.3 cm³/mol. The van der Waals surface area contributed by atoms with E-state index in [4.69, 9.17) is 10.5 Å². The lowest BCUT2D eigenvalue weighted by molar-refractivity contribution is 0.879. The molecule has 1 aromatic heterocycles. The van der Waals surface area contributed by atoms with Crippen molar-refractivity contribution in [2.75, 3.05) is 0 Å². The summed E-state index contributed by atoms with van der Waals surface area (Å²) >= 11 is 0. The molecule has 0 spiro atoms. The van der Waals surface area contributed by atoms with Gasteiger partial charge in [0.25, 0.3) is 5.82 Å². The maximum absolute atomic E-state index is 9.11. The molecule has 0 bridgehead atoms. The summed E-state index contributed by atoms with van der Waals surface area (Å²) in [6.07, 6.45) is 1.49. The van der Waals surface area contributed by atoms with Gasteiger partial charge in [0.15, 0.2) is 0 Å². The smallest absolute Gasteiger partial charge is 0.219 e. The van der Waals surface area contributed by atoms with E-state index in [-0.39, 0.29) is 5.82 Å². The average Bonchev–Trinajstić information content (AvgIpc) is 2.95. The zero-order valence-corrected chi connectivity index (χ0v) is 9.78. The van der Waals surface area contributed by atoms with Crippen molar-refractivity contribution in [1.29, 1.82) is 10.5 Å². The van der Waals surface area contributed by atoms with Gasteiger partial charge in [0.1, 0.15) is 12.4 Å². The van der Waals surface area contributed by atoms with Gasteiger partial charge in [0.05, 0.1) is 17.3 Å². The molecule has 0 unspecified atom stereocenters. The van der Waals surface area contributed by atoms with Crippen LogP contribution in [0.5, 0.6) is 0 Å². The standard InChI is InChI=1S/C14H7N5/c15-7-10-5-6-13(12-4-2-1-3-11(10)12)19-9-17-14(8-16)18-19/h1-6,9H. The molecule has 5 nitrogen and oxygen atoms in total. The Balaban J connectivity index is 2.32. The van der Waals surface area contributed by atoms with Crippen molar-refractivity contribution in [3.63, 3.8) is 0 Å². The molecule has 0 radical (unpaired) electrons. The van der Waals surface area contributed by atoms with Crippen molar-refractivity contribution in [3.05, 3.63) is 54.1 Å². The summed E-state index contributed by atoms with van der Waals surface area (Å²) in [4.78, 5) is 3.89. The summed E-state index contributed by atoms with van der Waals surface area (Å²) in [6, 6.07) is 15.2. The second-order valence-electron chi connectivity index (χ2n) is 3.91. The van der Waals surface area contributed by atoms with Gasteiger partial charge in [-0.2, -0.15) is 10.5 Å². The van der Waals surface area contributed by atoms with Crippen molar-refractivity contribution in [3.8, 4) is 17.8 Å². The maximum atomic E-state index is 9.11. The highest BCUT2D eigenvalue weighted by atomic mass is 15.3. The van der Waals surface area contributed by atoms with E-state index >= 15 is 0 Å². The number of hydrogen-bond donors (Lipinski definition) is 0. The minimum absolute atomic E-state index is 0.119. The van der Waals surface area contributed by atoms with Gasteiger partial charge in [-0.3, -0.25) is 0 Å². The van der Waals surface area contributed by atoms with Crippen LogP contribution in [0.4, 0.5) is 0 Å². The molecule has 0 saturated heterocycles. The zero-order chi connectivity index (χ0) is 13.2. The highest BCUT2D eigenvalue weighted by Gasteiger charge is 2.08. The Hall–Kier alpha value is -3.18. The first-order valence-electron chi connectivity index (χ1n) is 5.57. The largest absolute Gasteiger partial charge is 0.252 e. The highest BCUT2D eigenvalue weighted by Crippen LogP contribution is 2.24. The molecule has 0 aliphatic heterocycles. The van der Waals surface area contributed by atoms with Gasteiger partial charge in [-0.05, 0) is 12.1 Å². The Kier molecular flexibility index (Phi) is 2.45. The van der Waals surface area contributed by atoms with E-state index in [1.54, 1.807) is 16.8 Å². The number of fused-ring (bicyclic) bond motifs is 1. The molecule has 0 saturated carbocycles. The van der Waals surface area contributed by atoms with Gasteiger partial charge in [0.2, 0.25) is 0 Å². The molecule has 0 aliphatic carbocycles. The van der Waals surface area contributed by atoms with Crippen LogP contribution in [0.2, 0.25) is 0 Å². The molecule has 2 aromatic carbocycles. The number of rotatable bonds is 1. The van der Waals surface area contributed by atoms with Crippen molar-refractivity contribution in [2.45, 2.75) is 0 Å². The molecule has 19 heavy (non-hydrogen) atoms. The fourth-order valence-electron chi connectivity index (χ4n) is 2.01. The third kappa shape index (κ3) is 1.70. The molecule has 3 rings (SSSR count). The maximum Gasteiger partial charge on any atom is 0.252 e. The van der Waals surface area contributed by atoms with Crippen LogP contribution >= 0.6 is 0 Å². The Morgan fingerprint density at radius 3 is 2.42 bits per heavy atom. The topological polar surface area (TPSA) is 78.3 Å². The molecule has 5 heteroatoms. The summed E-state index contributed by atoms with van der Waals surface area (Å²) in [5.74, 6) is 0.119. The Morgan fingerprint density at radius 2 is 1.74 bits per heavy atom. The molecular formula is C14H7N5. The third-order valence-electron chi connectivity index (χ3n) is 2.86. The second kappa shape index (κ2) is 4.25. The van der Waals surface area contributed by atoms with E-state index in [1.165, 1.54) is 6.33 Å². The summed E-state index contributed by atoms with van der Waals surface area (Å²) in [5, 5.41) is 23.7. The van der Waals surface area contributed by atoms with E-state index in [9.17, 15) is 0 Å². The quantitative estimate of drug-likeness (QED) is 0.658. The molecule has 3 aromatic rings. The molecule has 1 heterocycles. The molecule has 0 amide bonds. The van der Waals surface area contributed by atoms with Crippen molar-refractivity contribution in [2.24, 2.45) is 0 Å². The minimum Gasteiger partial charge on any atom is -0.219 e. The lowest BCUT2D eigenvalue weighted by atomic mass is 10.0. The number of nitriles is 2. The van der Waals surface area contributed by atoms with Crippen molar-refractivity contribution < 1.29 is 0 Å². The van der Waals surface area contributed by atoms with Crippen LogP contribution in [0.1, 0.15) is 11.4 Å². The Labute approximate surface area is 109 Å². The molecule has 0 atom stereocenters. The van der Waals surface area contributed by atoms with Crippen LogP contribution in [0, 0.1) is 22.7 Å². The normalized spacial score (nSPS) is 10.0. The number of benzene rings is 2. The zero-order valence-electron chi connectivity index (χ0n) is 9.78. The molecule has 0 fully saturated rings. The predicted octanol–water partition coefficient (Wildman–Crippen LogP) is 2.16. The van der Waals surface area contributed by atoms with Crippen LogP contribution in [0.3, 0.4) is 0 Å². The first-order chi connectivity index (χ1) is 9.33. The monoisotopic (exact) mass is 245 g/mol. The van der Waals surface area contributed by atoms with Crippen LogP contribution < -0.4 is 0 Å². The minimum atomic E-state index is 0.119. The summed E-state index contributed by atoms with van der Waals surface area (Å²) < 4.78 is 1.54. The highest BCUT2D eigenvalue weighted by molar-refractivity contribution is 5.94. The number of nitrogens with zero attached hydrogens (tertiary/aromatic N) is 5. The Bertz CT molecular complexity index is 848. The molecule has 0 N–H and O–H groups in total. The Morgan fingerprint density at radius 1 is 0.947 bits per heavy atom. The van der Waals surface area contributed by atoms with E-state index in [1.807, 2.05) is 30.3 Å². The van der Waals surface area contributed by atoms with Gasteiger partial charge in [0, 0.05) is 10.8 Å². The van der Waals surface area contributed by atoms with E-state index in [0.717, 1.165) is 16.5 Å². The summed E-state index contributed by atoms with van der Waals surface area (Å²) in [6.45, 7) is 0. The number of aromatic nitrogens is 3. The lowest BCUT2D eigenvalue weighted by Gasteiger charge is -2.06. The molecule has 88 valence electrons. The lowest BCUT2D eigenvalue weighted by Crippen LogP contribution is -1.97. The fourth-order valence-corrected chi connectivity index (χ4v) is 2.01. The first kappa shape index (κ1) is 10.9. The fraction of sp³-hybridized carbons (Fsp3) is 0.